The molecular formula is C8H15NO3. The van der Waals surface area contributed by atoms with E-state index >= 15 is 0 Å². The van der Waals surface area contributed by atoms with Crippen LogP contribution >= 0.6 is 0 Å². The summed E-state index contributed by atoms with van der Waals surface area (Å²) < 4.78 is 9.93. The average molecular weight is 173 g/mol. The minimum absolute atomic E-state index is 0.125. The number of ether oxygens (including phenoxy) is 2. The third-order valence-corrected chi connectivity index (χ3v) is 1.99. The van der Waals surface area contributed by atoms with Gasteiger partial charge in [-0.15, -0.1) is 0 Å². The van der Waals surface area contributed by atoms with Crippen molar-refractivity contribution in [1.82, 2.24) is 4.90 Å². The number of carbonyl (C=O) groups is 1. The van der Waals surface area contributed by atoms with Crippen molar-refractivity contribution in [1.29, 1.82) is 0 Å². The summed E-state index contributed by atoms with van der Waals surface area (Å²) in [7, 11) is 1.40. The van der Waals surface area contributed by atoms with Gasteiger partial charge in [0.2, 0.25) is 0 Å². The lowest BCUT2D eigenvalue weighted by Gasteiger charge is -2.24. The van der Waals surface area contributed by atoms with E-state index in [1.54, 1.807) is 4.90 Å². The molecular weight excluding hydrogens is 158 g/mol. The van der Waals surface area contributed by atoms with Gasteiger partial charge in [0, 0.05) is 13.2 Å². The number of nitrogens with zero attached hydrogens (tertiary/aromatic N) is 1. The van der Waals surface area contributed by atoms with E-state index in [1.165, 1.54) is 7.11 Å². The Morgan fingerprint density at radius 3 is 3.08 bits per heavy atom. The quantitative estimate of drug-likeness (QED) is 0.545. The van der Waals surface area contributed by atoms with Crippen molar-refractivity contribution in [3.05, 3.63) is 0 Å². The van der Waals surface area contributed by atoms with Crippen LogP contribution in [-0.4, -0.2) is 43.9 Å². The van der Waals surface area contributed by atoms with Crippen molar-refractivity contribution in [3.63, 3.8) is 0 Å². The van der Waals surface area contributed by atoms with E-state index in [9.17, 15) is 4.79 Å². The van der Waals surface area contributed by atoms with Gasteiger partial charge in [0.15, 0.2) is 0 Å². The molecule has 0 aliphatic carbocycles. The molecule has 70 valence electrons. The van der Waals surface area contributed by atoms with Crippen LogP contribution in [0.4, 0.5) is 4.79 Å². The predicted molar refractivity (Wildman–Crippen MR) is 44.0 cm³/mol. The Hall–Kier alpha value is -0.770. The molecule has 0 N–H and O–H groups in total. The first kappa shape index (κ1) is 9.32. The second-order valence-corrected chi connectivity index (χ2v) is 2.94. The molecule has 1 aliphatic rings. The minimum atomic E-state index is -0.256. The van der Waals surface area contributed by atoms with Crippen molar-refractivity contribution in [2.45, 2.75) is 19.4 Å². The van der Waals surface area contributed by atoms with Crippen LogP contribution in [0.15, 0.2) is 0 Å². The van der Waals surface area contributed by atoms with Crippen LogP contribution in [0, 0.1) is 0 Å². The highest BCUT2D eigenvalue weighted by molar-refractivity contribution is 5.67. The van der Waals surface area contributed by atoms with E-state index in [4.69, 9.17) is 4.74 Å². The molecule has 0 aromatic heterocycles. The highest BCUT2D eigenvalue weighted by atomic mass is 16.5. The van der Waals surface area contributed by atoms with E-state index in [2.05, 4.69) is 4.74 Å². The van der Waals surface area contributed by atoms with Gasteiger partial charge in [-0.1, -0.05) is 0 Å². The van der Waals surface area contributed by atoms with Gasteiger partial charge in [-0.25, -0.2) is 4.79 Å². The highest BCUT2D eigenvalue weighted by Crippen LogP contribution is 2.07. The van der Waals surface area contributed by atoms with Crippen molar-refractivity contribution < 1.29 is 14.3 Å². The highest BCUT2D eigenvalue weighted by Gasteiger charge is 2.22. The monoisotopic (exact) mass is 173 g/mol. The molecule has 0 bridgehead atoms. The molecule has 1 saturated heterocycles. The number of hydrogen-bond acceptors (Lipinski definition) is 3. The lowest BCUT2D eigenvalue weighted by atomic mass is 10.3. The van der Waals surface area contributed by atoms with Gasteiger partial charge in [-0.3, -0.25) is 0 Å². The van der Waals surface area contributed by atoms with Gasteiger partial charge < -0.3 is 14.4 Å². The maximum atomic E-state index is 11.2. The lowest BCUT2D eigenvalue weighted by Crippen LogP contribution is -2.40. The maximum absolute atomic E-state index is 11.2. The molecule has 0 spiro atoms. The summed E-state index contributed by atoms with van der Waals surface area (Å²) in [6.07, 6.45) is 0.632. The van der Waals surface area contributed by atoms with Crippen molar-refractivity contribution in [3.8, 4) is 0 Å². The first-order chi connectivity index (χ1) is 5.75. The van der Waals surface area contributed by atoms with Crippen LogP contribution in [0.3, 0.4) is 0 Å². The Morgan fingerprint density at radius 1 is 1.67 bits per heavy atom. The molecule has 0 aromatic rings. The van der Waals surface area contributed by atoms with Crippen molar-refractivity contribution in [2.75, 3.05) is 26.9 Å². The van der Waals surface area contributed by atoms with Gasteiger partial charge in [-0.05, 0) is 13.3 Å². The molecule has 1 unspecified atom stereocenters. The van der Waals surface area contributed by atoms with Crippen molar-refractivity contribution >= 4 is 6.09 Å². The minimum Gasteiger partial charge on any atom is -0.453 e. The molecule has 4 heteroatoms. The topological polar surface area (TPSA) is 38.8 Å². The average Bonchev–Trinajstić information content (AvgIpc) is 2.28. The van der Waals surface area contributed by atoms with E-state index in [0.717, 1.165) is 19.6 Å². The molecule has 12 heavy (non-hydrogen) atoms. The predicted octanol–water partition coefficient (Wildman–Crippen LogP) is 0.864. The fraction of sp³-hybridized carbons (Fsp3) is 0.875. The van der Waals surface area contributed by atoms with Gasteiger partial charge >= 0.3 is 6.09 Å². The maximum Gasteiger partial charge on any atom is 0.409 e. The zero-order valence-electron chi connectivity index (χ0n) is 7.58. The molecule has 4 nitrogen and oxygen atoms in total. The summed E-state index contributed by atoms with van der Waals surface area (Å²) in [5.74, 6) is 0. The normalized spacial score (nSPS) is 24.8. The zero-order valence-corrected chi connectivity index (χ0v) is 7.58. The number of hydrogen-bond donors (Lipinski definition) is 0. The summed E-state index contributed by atoms with van der Waals surface area (Å²) in [5, 5.41) is 0. The molecule has 0 radical (unpaired) electrons. The Morgan fingerprint density at radius 2 is 2.42 bits per heavy atom. The molecule has 1 rings (SSSR count). The van der Waals surface area contributed by atoms with Crippen LogP contribution in [-0.2, 0) is 9.47 Å². The molecule has 0 saturated carbocycles. The van der Waals surface area contributed by atoms with E-state index < -0.39 is 0 Å². The second kappa shape index (κ2) is 4.30. The van der Waals surface area contributed by atoms with Crippen LogP contribution in [0.1, 0.15) is 13.3 Å². The molecule has 1 heterocycles. The van der Waals surface area contributed by atoms with E-state index in [-0.39, 0.29) is 12.1 Å². The van der Waals surface area contributed by atoms with Gasteiger partial charge in [0.25, 0.3) is 0 Å². The zero-order chi connectivity index (χ0) is 8.97. The van der Waals surface area contributed by atoms with Crippen LogP contribution < -0.4 is 0 Å². The Bertz CT molecular complexity index is 160. The molecule has 1 fully saturated rings. The van der Waals surface area contributed by atoms with Gasteiger partial charge in [0.1, 0.15) is 0 Å². The van der Waals surface area contributed by atoms with Gasteiger partial charge in [-0.2, -0.15) is 0 Å². The molecule has 0 aromatic carbocycles. The summed E-state index contributed by atoms with van der Waals surface area (Å²) in [6.45, 7) is 4.03. The number of amides is 1. The molecule has 1 atom stereocenters. The first-order valence-electron chi connectivity index (χ1n) is 4.18. The first-order valence-corrected chi connectivity index (χ1v) is 4.18. The lowest BCUT2D eigenvalue weighted by molar-refractivity contribution is 0.0869. The number of carbonyl (C=O) groups excluding carboxylic acids is 1. The second-order valence-electron chi connectivity index (χ2n) is 2.94. The number of rotatable bonds is 0. The van der Waals surface area contributed by atoms with Gasteiger partial charge in [0.05, 0.1) is 19.8 Å². The fourth-order valence-corrected chi connectivity index (χ4v) is 1.29. The largest absolute Gasteiger partial charge is 0.453 e. The molecule has 1 aliphatic heterocycles. The summed E-state index contributed by atoms with van der Waals surface area (Å²) in [5.41, 5.74) is 0. The smallest absolute Gasteiger partial charge is 0.409 e. The summed E-state index contributed by atoms with van der Waals surface area (Å²) >= 11 is 0. The standard InChI is InChI=1S/C8H15NO3/c1-7-6-12-5-3-4-9(7)8(10)11-2/h7H,3-6H2,1-2H3. The summed E-state index contributed by atoms with van der Waals surface area (Å²) in [4.78, 5) is 12.9. The van der Waals surface area contributed by atoms with Crippen molar-refractivity contribution in [2.24, 2.45) is 0 Å². The third kappa shape index (κ3) is 2.11. The van der Waals surface area contributed by atoms with Crippen LogP contribution in [0.5, 0.6) is 0 Å². The van der Waals surface area contributed by atoms with E-state index in [1.807, 2.05) is 6.92 Å². The number of methoxy groups -OCH3 is 1. The van der Waals surface area contributed by atoms with E-state index in [0.29, 0.717) is 6.61 Å². The summed E-state index contributed by atoms with van der Waals surface area (Å²) in [6, 6.07) is 0.125. The SMILES string of the molecule is COC(=O)N1CCCOCC1C. The van der Waals surface area contributed by atoms with Crippen LogP contribution in [0.2, 0.25) is 0 Å². The Labute approximate surface area is 72.4 Å². The Kier molecular flexibility index (Phi) is 3.34. The van der Waals surface area contributed by atoms with Crippen LogP contribution in [0.25, 0.3) is 0 Å². The molecule has 1 amide bonds. The third-order valence-electron chi connectivity index (χ3n) is 1.99. The Balaban J connectivity index is 2.52. The fourth-order valence-electron chi connectivity index (χ4n) is 1.29.